The average molecular weight is 274 g/mol. The number of benzene rings is 2. The zero-order valence-corrected chi connectivity index (χ0v) is 11.3. The van der Waals surface area contributed by atoms with Crippen molar-refractivity contribution in [2.45, 2.75) is 20.5 Å². The van der Waals surface area contributed by atoms with Crippen LogP contribution in [-0.2, 0) is 6.61 Å². The maximum Gasteiger partial charge on any atom is 0.335 e. The molecular weight excluding hydrogens is 259 g/mol. The summed E-state index contributed by atoms with van der Waals surface area (Å²) in [4.78, 5) is 10.7. The van der Waals surface area contributed by atoms with E-state index in [1.807, 2.05) is 32.0 Å². The summed E-state index contributed by atoms with van der Waals surface area (Å²) in [5.41, 5.74) is 3.07. The van der Waals surface area contributed by atoms with E-state index in [-0.39, 0.29) is 17.9 Å². The van der Waals surface area contributed by atoms with Crippen molar-refractivity contribution in [3.05, 3.63) is 64.5 Å². The minimum Gasteiger partial charge on any atom is -0.486 e. The lowest BCUT2D eigenvalue weighted by Crippen LogP contribution is -2.03. The van der Waals surface area contributed by atoms with E-state index in [1.54, 1.807) is 0 Å². The van der Waals surface area contributed by atoms with Gasteiger partial charge in [0.05, 0.1) is 5.56 Å². The third-order valence-corrected chi connectivity index (χ3v) is 3.20. The van der Waals surface area contributed by atoms with Gasteiger partial charge in [0.15, 0.2) is 11.6 Å². The van der Waals surface area contributed by atoms with Crippen LogP contribution in [0.4, 0.5) is 4.39 Å². The van der Waals surface area contributed by atoms with Crippen LogP contribution in [0, 0.1) is 19.7 Å². The van der Waals surface area contributed by atoms with E-state index < -0.39 is 11.8 Å². The molecule has 0 bridgehead atoms. The monoisotopic (exact) mass is 274 g/mol. The normalized spacial score (nSPS) is 10.3. The standard InChI is InChI=1S/C16H15FO3/c1-10-4-3-5-11(2)13(10)9-20-15-7-6-12(16(18)19)8-14(15)17/h3-8H,9H2,1-2H3,(H,18,19). The quantitative estimate of drug-likeness (QED) is 0.924. The van der Waals surface area contributed by atoms with E-state index in [2.05, 4.69) is 0 Å². The average Bonchev–Trinajstić information content (AvgIpc) is 2.39. The van der Waals surface area contributed by atoms with Crippen molar-refractivity contribution >= 4 is 5.97 Å². The Morgan fingerprint density at radius 3 is 2.40 bits per heavy atom. The van der Waals surface area contributed by atoms with Crippen LogP contribution in [0.3, 0.4) is 0 Å². The first-order chi connectivity index (χ1) is 9.49. The van der Waals surface area contributed by atoms with Gasteiger partial charge in [0.25, 0.3) is 0 Å². The number of carbonyl (C=O) groups is 1. The van der Waals surface area contributed by atoms with Crippen LogP contribution >= 0.6 is 0 Å². The lowest BCUT2D eigenvalue weighted by Gasteiger charge is -2.12. The number of aryl methyl sites for hydroxylation is 2. The number of ether oxygens (including phenoxy) is 1. The highest BCUT2D eigenvalue weighted by molar-refractivity contribution is 5.87. The van der Waals surface area contributed by atoms with E-state index in [4.69, 9.17) is 9.84 Å². The highest BCUT2D eigenvalue weighted by atomic mass is 19.1. The molecule has 2 aromatic carbocycles. The number of rotatable bonds is 4. The molecule has 0 unspecified atom stereocenters. The van der Waals surface area contributed by atoms with E-state index in [0.29, 0.717) is 0 Å². The predicted octanol–water partition coefficient (Wildman–Crippen LogP) is 3.72. The topological polar surface area (TPSA) is 46.5 Å². The van der Waals surface area contributed by atoms with Crippen molar-refractivity contribution in [2.24, 2.45) is 0 Å². The minimum absolute atomic E-state index is 0.0534. The fraction of sp³-hybridized carbons (Fsp3) is 0.188. The lowest BCUT2D eigenvalue weighted by atomic mass is 10.0. The molecule has 0 aliphatic rings. The number of hydrogen-bond donors (Lipinski definition) is 1. The van der Waals surface area contributed by atoms with Gasteiger partial charge < -0.3 is 9.84 Å². The molecule has 104 valence electrons. The Balaban J connectivity index is 2.17. The van der Waals surface area contributed by atoms with Crippen molar-refractivity contribution < 1.29 is 19.0 Å². The van der Waals surface area contributed by atoms with Crippen LogP contribution in [-0.4, -0.2) is 11.1 Å². The highest BCUT2D eigenvalue weighted by Gasteiger charge is 2.10. The van der Waals surface area contributed by atoms with Crippen LogP contribution in [0.1, 0.15) is 27.0 Å². The van der Waals surface area contributed by atoms with Crippen LogP contribution < -0.4 is 4.74 Å². The molecule has 0 saturated heterocycles. The van der Waals surface area contributed by atoms with E-state index in [9.17, 15) is 9.18 Å². The molecule has 2 rings (SSSR count). The molecule has 0 heterocycles. The van der Waals surface area contributed by atoms with Crippen molar-refractivity contribution in [1.29, 1.82) is 0 Å². The first-order valence-corrected chi connectivity index (χ1v) is 6.20. The summed E-state index contributed by atoms with van der Waals surface area (Å²) in [7, 11) is 0. The Morgan fingerprint density at radius 1 is 1.20 bits per heavy atom. The van der Waals surface area contributed by atoms with Crippen molar-refractivity contribution in [3.8, 4) is 5.75 Å². The second-order valence-corrected chi connectivity index (χ2v) is 4.61. The fourth-order valence-electron chi connectivity index (χ4n) is 1.98. The molecule has 0 atom stereocenters. The van der Waals surface area contributed by atoms with Gasteiger partial charge in [-0.05, 0) is 48.7 Å². The van der Waals surface area contributed by atoms with Crippen LogP contribution in [0.15, 0.2) is 36.4 Å². The number of aromatic carboxylic acids is 1. The van der Waals surface area contributed by atoms with Gasteiger partial charge in [-0.3, -0.25) is 0 Å². The number of hydrogen-bond acceptors (Lipinski definition) is 2. The van der Waals surface area contributed by atoms with Gasteiger partial charge in [0.2, 0.25) is 0 Å². The Kier molecular flexibility index (Phi) is 4.03. The molecule has 0 saturated carbocycles. The summed E-state index contributed by atoms with van der Waals surface area (Å²) in [6.07, 6.45) is 0. The molecular formula is C16H15FO3. The summed E-state index contributed by atoms with van der Waals surface area (Å²) < 4.78 is 19.2. The molecule has 0 aliphatic heterocycles. The van der Waals surface area contributed by atoms with Crippen molar-refractivity contribution in [3.63, 3.8) is 0 Å². The second kappa shape index (κ2) is 5.74. The van der Waals surface area contributed by atoms with Gasteiger partial charge in [0.1, 0.15) is 6.61 Å². The van der Waals surface area contributed by atoms with Crippen LogP contribution in [0.25, 0.3) is 0 Å². The minimum atomic E-state index is -1.16. The maximum atomic E-state index is 13.7. The molecule has 0 radical (unpaired) electrons. The first-order valence-electron chi connectivity index (χ1n) is 6.20. The third kappa shape index (κ3) is 2.96. The van der Waals surface area contributed by atoms with Gasteiger partial charge in [-0.25, -0.2) is 9.18 Å². The fourth-order valence-corrected chi connectivity index (χ4v) is 1.98. The predicted molar refractivity (Wildman–Crippen MR) is 73.6 cm³/mol. The zero-order valence-electron chi connectivity index (χ0n) is 11.3. The summed E-state index contributed by atoms with van der Waals surface area (Å²) in [6.45, 7) is 4.19. The molecule has 3 nitrogen and oxygen atoms in total. The smallest absolute Gasteiger partial charge is 0.335 e. The molecule has 0 aliphatic carbocycles. The molecule has 0 amide bonds. The number of carboxylic acids is 1. The molecule has 0 spiro atoms. The van der Waals surface area contributed by atoms with Crippen LogP contribution in [0.5, 0.6) is 5.75 Å². The number of halogens is 1. The molecule has 0 fully saturated rings. The Bertz CT molecular complexity index is 630. The summed E-state index contributed by atoms with van der Waals surface area (Å²) in [6, 6.07) is 9.52. The largest absolute Gasteiger partial charge is 0.486 e. The Hall–Kier alpha value is -2.36. The van der Waals surface area contributed by atoms with E-state index in [0.717, 1.165) is 22.8 Å². The van der Waals surface area contributed by atoms with E-state index >= 15 is 0 Å². The van der Waals surface area contributed by atoms with Gasteiger partial charge in [-0.15, -0.1) is 0 Å². The van der Waals surface area contributed by atoms with E-state index in [1.165, 1.54) is 12.1 Å². The van der Waals surface area contributed by atoms with Crippen molar-refractivity contribution in [2.75, 3.05) is 0 Å². The SMILES string of the molecule is Cc1cccc(C)c1COc1ccc(C(=O)O)cc1F. The summed E-state index contributed by atoms with van der Waals surface area (Å²) in [5.74, 6) is -1.78. The van der Waals surface area contributed by atoms with Crippen LogP contribution in [0.2, 0.25) is 0 Å². The van der Waals surface area contributed by atoms with Gasteiger partial charge in [-0.1, -0.05) is 18.2 Å². The number of carboxylic acid groups (broad SMARTS) is 1. The summed E-state index contributed by atoms with van der Waals surface area (Å²) in [5, 5.41) is 8.77. The lowest BCUT2D eigenvalue weighted by molar-refractivity contribution is 0.0696. The maximum absolute atomic E-state index is 13.7. The first kappa shape index (κ1) is 14.1. The summed E-state index contributed by atoms with van der Waals surface area (Å²) >= 11 is 0. The molecule has 4 heteroatoms. The molecule has 2 aromatic rings. The highest BCUT2D eigenvalue weighted by Crippen LogP contribution is 2.21. The zero-order chi connectivity index (χ0) is 14.7. The molecule has 1 N–H and O–H groups in total. The Morgan fingerprint density at radius 2 is 1.85 bits per heavy atom. The Labute approximate surface area is 116 Å². The molecule has 0 aromatic heterocycles. The van der Waals surface area contributed by atoms with Crippen molar-refractivity contribution in [1.82, 2.24) is 0 Å². The second-order valence-electron chi connectivity index (χ2n) is 4.61. The van der Waals surface area contributed by atoms with Gasteiger partial charge >= 0.3 is 5.97 Å². The third-order valence-electron chi connectivity index (χ3n) is 3.20. The molecule has 20 heavy (non-hydrogen) atoms. The van der Waals surface area contributed by atoms with Gasteiger partial charge in [0, 0.05) is 0 Å². The van der Waals surface area contributed by atoms with Gasteiger partial charge in [-0.2, -0.15) is 0 Å².